The number of nitrogens with one attached hydrogen (secondary N) is 2. The van der Waals surface area contributed by atoms with Crippen molar-refractivity contribution in [2.45, 2.75) is 49.7 Å². The van der Waals surface area contributed by atoms with Crippen LogP contribution in [0.2, 0.25) is 0 Å². The van der Waals surface area contributed by atoms with Crippen molar-refractivity contribution >= 4 is 11.6 Å². The van der Waals surface area contributed by atoms with Gasteiger partial charge in [0, 0.05) is 37.0 Å². The minimum atomic E-state index is -3.39. The molecule has 206 valence electrons. The molecule has 1 aromatic heterocycles. The Hall–Kier alpha value is -3.09. The summed E-state index contributed by atoms with van der Waals surface area (Å²) in [6.07, 6.45) is -8.68. The van der Waals surface area contributed by atoms with E-state index in [4.69, 9.17) is 0 Å². The fourth-order valence-corrected chi connectivity index (χ4v) is 5.48. The van der Waals surface area contributed by atoms with Gasteiger partial charge in [-0.25, -0.2) is 30.7 Å². The number of pyridine rings is 1. The number of rotatable bonds is 9. The molecule has 0 spiro atoms. The summed E-state index contributed by atoms with van der Waals surface area (Å²) in [5, 5.41) is 5.06. The molecule has 13 heteroatoms. The Morgan fingerprint density at radius 1 is 1.05 bits per heavy atom. The Morgan fingerprint density at radius 2 is 1.68 bits per heavy atom. The van der Waals surface area contributed by atoms with Crippen LogP contribution >= 0.6 is 0 Å². The zero-order valence-corrected chi connectivity index (χ0v) is 20.1. The topological polar surface area (TPSA) is 66.4 Å². The number of hydrogen-bond donors (Lipinski definition) is 2. The third-order valence-electron chi connectivity index (χ3n) is 7.81. The normalized spacial score (nSPS) is 24.6. The fraction of sp³-hybridized carbons (Fsp3) is 0.520. The molecule has 2 aromatic rings. The maximum Gasteiger partial charge on any atom is 0.266 e. The molecule has 2 aliphatic carbocycles. The van der Waals surface area contributed by atoms with E-state index in [0.717, 1.165) is 48.1 Å². The lowest BCUT2D eigenvalue weighted by Gasteiger charge is -2.24. The lowest BCUT2D eigenvalue weighted by Crippen LogP contribution is -2.39. The van der Waals surface area contributed by atoms with Gasteiger partial charge >= 0.3 is 0 Å². The number of fused-ring (bicyclic) bond motifs is 1. The summed E-state index contributed by atoms with van der Waals surface area (Å²) in [4.78, 5) is 28.2. The van der Waals surface area contributed by atoms with Crippen LogP contribution in [0.5, 0.6) is 0 Å². The van der Waals surface area contributed by atoms with Gasteiger partial charge in [-0.1, -0.05) is 18.2 Å². The second kappa shape index (κ2) is 9.58. The first-order valence-electron chi connectivity index (χ1n) is 12.1. The number of nitrogens with zero attached hydrogens (tertiary/aromatic N) is 2. The van der Waals surface area contributed by atoms with E-state index in [1.165, 1.54) is 0 Å². The number of aromatic nitrogens is 1. The summed E-state index contributed by atoms with van der Waals surface area (Å²) in [5.74, 6) is -2.31. The summed E-state index contributed by atoms with van der Waals surface area (Å²) < 4.78 is 97.3. The number of amides is 1. The molecular formula is C25H25F7N4O2. The van der Waals surface area contributed by atoms with Crippen molar-refractivity contribution in [1.29, 1.82) is 0 Å². The van der Waals surface area contributed by atoms with Crippen molar-refractivity contribution in [2.24, 2.45) is 11.8 Å². The largest absolute Gasteiger partial charge is 0.381 e. The van der Waals surface area contributed by atoms with E-state index in [1.54, 1.807) is 0 Å². The Morgan fingerprint density at radius 3 is 2.24 bits per heavy atom. The monoisotopic (exact) mass is 546 g/mol. The SMILES string of the molecule is CN1C[C@@H]2[C@H](C1)[C@@H]2Nc1cc(=O)n(C2(C(F)F)CC2)cc1C(=O)N[C@@H](c1cccc(C(F)F)c1F)C(F)F. The van der Waals surface area contributed by atoms with E-state index < -0.39 is 59.3 Å². The van der Waals surface area contributed by atoms with Crippen molar-refractivity contribution in [3.63, 3.8) is 0 Å². The van der Waals surface area contributed by atoms with Crippen LogP contribution in [-0.2, 0) is 5.54 Å². The number of likely N-dealkylation sites (tertiary alicyclic amines) is 1. The predicted octanol–water partition coefficient (Wildman–Crippen LogP) is 4.39. The smallest absolute Gasteiger partial charge is 0.266 e. The summed E-state index contributed by atoms with van der Waals surface area (Å²) in [7, 11) is 1.94. The number of piperidine rings is 1. The average Bonchev–Trinajstić information content (AvgIpc) is 3.73. The van der Waals surface area contributed by atoms with Gasteiger partial charge in [0.15, 0.2) is 0 Å². The highest BCUT2D eigenvalue weighted by Crippen LogP contribution is 2.49. The van der Waals surface area contributed by atoms with Crippen LogP contribution in [-0.4, -0.2) is 54.4 Å². The quantitative estimate of drug-likeness (QED) is 0.458. The van der Waals surface area contributed by atoms with Gasteiger partial charge in [-0.15, -0.1) is 0 Å². The van der Waals surface area contributed by atoms with Crippen LogP contribution in [0.3, 0.4) is 0 Å². The molecule has 38 heavy (non-hydrogen) atoms. The maximum absolute atomic E-state index is 14.7. The van der Waals surface area contributed by atoms with Crippen molar-refractivity contribution in [3.8, 4) is 0 Å². The Bertz CT molecular complexity index is 1280. The van der Waals surface area contributed by atoms with E-state index >= 15 is 0 Å². The number of hydrogen-bond acceptors (Lipinski definition) is 4. The Balaban J connectivity index is 1.50. The molecule has 2 heterocycles. The molecule has 3 aliphatic rings. The number of halogens is 7. The third kappa shape index (κ3) is 4.54. The molecule has 2 N–H and O–H groups in total. The minimum Gasteiger partial charge on any atom is -0.381 e. The molecule has 3 fully saturated rings. The average molecular weight is 546 g/mol. The standard InChI is InChI=1S/C25H25F7N4O2/c1-35-8-13-14(9-35)19(13)33-16-7-17(37)36(25(5-6-25)24(31)32)10-15(16)23(38)34-20(22(29)30)11-3-2-4-12(18(11)26)21(27)28/h2-4,7,10,13-14,19-22,24,33H,5-6,8-9H2,1H3,(H,34,38)/t13-,14+,19-,20-/m0/s1. The number of anilines is 1. The lowest BCUT2D eigenvalue weighted by molar-refractivity contribution is 0.0643. The minimum absolute atomic E-state index is 0.0111. The van der Waals surface area contributed by atoms with Crippen LogP contribution in [0, 0.1) is 17.7 Å². The van der Waals surface area contributed by atoms with E-state index in [2.05, 4.69) is 10.2 Å². The zero-order valence-electron chi connectivity index (χ0n) is 20.1. The second-order valence-corrected chi connectivity index (χ2v) is 10.3. The lowest BCUT2D eigenvalue weighted by atomic mass is 10.0. The Kier molecular flexibility index (Phi) is 6.69. The Labute approximate surface area is 212 Å². The van der Waals surface area contributed by atoms with Gasteiger partial charge < -0.3 is 20.1 Å². The van der Waals surface area contributed by atoms with Crippen LogP contribution in [0.4, 0.5) is 36.4 Å². The molecular weight excluding hydrogens is 521 g/mol. The summed E-state index contributed by atoms with van der Waals surface area (Å²) in [5.41, 5.74) is -4.91. The zero-order chi connectivity index (χ0) is 27.5. The molecule has 0 bridgehead atoms. The van der Waals surface area contributed by atoms with Gasteiger partial charge in [0.1, 0.15) is 17.4 Å². The molecule has 4 atom stereocenters. The van der Waals surface area contributed by atoms with E-state index in [0.29, 0.717) is 0 Å². The molecule has 1 aromatic carbocycles. The van der Waals surface area contributed by atoms with Crippen molar-refractivity contribution < 1.29 is 35.5 Å². The molecule has 0 radical (unpaired) electrons. The number of benzene rings is 1. The first-order valence-corrected chi connectivity index (χ1v) is 12.1. The van der Waals surface area contributed by atoms with E-state index in [1.807, 2.05) is 12.4 Å². The van der Waals surface area contributed by atoms with Gasteiger partial charge in [-0.05, 0) is 31.7 Å². The van der Waals surface area contributed by atoms with Gasteiger partial charge in [-0.2, -0.15) is 0 Å². The van der Waals surface area contributed by atoms with Crippen LogP contribution < -0.4 is 16.2 Å². The molecule has 1 aliphatic heterocycles. The van der Waals surface area contributed by atoms with Crippen molar-refractivity contribution in [2.75, 3.05) is 25.5 Å². The molecule has 5 rings (SSSR count). The number of alkyl halides is 6. The maximum atomic E-state index is 14.7. The molecule has 0 unspecified atom stereocenters. The van der Waals surface area contributed by atoms with E-state index in [9.17, 15) is 40.3 Å². The second-order valence-electron chi connectivity index (χ2n) is 10.3. The van der Waals surface area contributed by atoms with Crippen molar-refractivity contribution in [3.05, 3.63) is 63.3 Å². The highest BCUT2D eigenvalue weighted by Gasteiger charge is 2.56. The third-order valence-corrected chi connectivity index (χ3v) is 7.81. The first kappa shape index (κ1) is 26.5. The van der Waals surface area contributed by atoms with Crippen molar-refractivity contribution in [1.82, 2.24) is 14.8 Å². The van der Waals surface area contributed by atoms with Crippen LogP contribution in [0.15, 0.2) is 35.3 Å². The highest BCUT2D eigenvalue weighted by atomic mass is 19.3. The summed E-state index contributed by atoms with van der Waals surface area (Å²) in [6.45, 7) is 1.53. The number of carbonyl (C=O) groups excluding carboxylic acids is 1. The van der Waals surface area contributed by atoms with Gasteiger partial charge in [-0.3, -0.25) is 9.59 Å². The first-order chi connectivity index (χ1) is 17.9. The predicted molar refractivity (Wildman–Crippen MR) is 123 cm³/mol. The molecule has 2 saturated carbocycles. The van der Waals surface area contributed by atoms with Gasteiger partial charge in [0.25, 0.3) is 30.7 Å². The highest BCUT2D eigenvalue weighted by molar-refractivity contribution is 5.99. The summed E-state index contributed by atoms with van der Waals surface area (Å²) >= 11 is 0. The number of carbonyl (C=O) groups is 1. The van der Waals surface area contributed by atoms with Gasteiger partial charge in [0.05, 0.1) is 16.8 Å². The molecule has 6 nitrogen and oxygen atoms in total. The van der Waals surface area contributed by atoms with Gasteiger partial charge in [0.2, 0.25) is 0 Å². The molecule has 1 saturated heterocycles. The summed E-state index contributed by atoms with van der Waals surface area (Å²) in [6, 6.07) is 1.14. The fourth-order valence-electron chi connectivity index (χ4n) is 5.48. The van der Waals surface area contributed by atoms with Crippen LogP contribution in [0.25, 0.3) is 0 Å². The van der Waals surface area contributed by atoms with E-state index in [-0.39, 0.29) is 42.0 Å². The van der Waals surface area contributed by atoms with Crippen LogP contribution in [0.1, 0.15) is 46.8 Å². The molecule has 1 amide bonds.